The van der Waals surface area contributed by atoms with Gasteiger partial charge in [-0.15, -0.1) is 6.42 Å². The predicted molar refractivity (Wildman–Crippen MR) is 41.0 cm³/mol. The summed E-state index contributed by atoms with van der Waals surface area (Å²) >= 11 is 0. The lowest BCUT2D eigenvalue weighted by atomic mass is 10.5. The maximum absolute atomic E-state index is 10.6. The first-order valence-corrected chi connectivity index (χ1v) is 3.49. The first-order valence-electron chi connectivity index (χ1n) is 3.49. The molecule has 4 heteroatoms. The van der Waals surface area contributed by atoms with E-state index in [0.29, 0.717) is 6.42 Å². The molecule has 0 aliphatic heterocycles. The molecule has 0 aliphatic carbocycles. The van der Waals surface area contributed by atoms with Crippen LogP contribution in [-0.4, -0.2) is 25.2 Å². The summed E-state index contributed by atoms with van der Waals surface area (Å²) in [6.07, 6.45) is 5.46. The zero-order valence-electron chi connectivity index (χ0n) is 6.83. The highest BCUT2D eigenvalue weighted by Crippen LogP contribution is 1.86. The van der Waals surface area contributed by atoms with Crippen molar-refractivity contribution < 1.29 is 19.1 Å². The Morgan fingerprint density at radius 1 is 1.33 bits per heavy atom. The molecule has 0 saturated carbocycles. The Bertz CT molecular complexity index is 202. The number of hydrogen-bond acceptors (Lipinski definition) is 4. The molecule has 0 N–H and O–H groups in total. The summed E-state index contributed by atoms with van der Waals surface area (Å²) in [6, 6.07) is 0. The molecular weight excluding hydrogens is 160 g/mol. The van der Waals surface area contributed by atoms with Gasteiger partial charge in [0, 0.05) is 0 Å². The Morgan fingerprint density at radius 2 is 1.92 bits per heavy atom. The van der Waals surface area contributed by atoms with Crippen LogP contribution in [0.1, 0.15) is 13.3 Å². The molecule has 0 heterocycles. The largest absolute Gasteiger partial charge is 0.457 e. The summed E-state index contributed by atoms with van der Waals surface area (Å²) in [5, 5.41) is 0. The average molecular weight is 170 g/mol. The molecule has 0 spiro atoms. The second-order valence-electron chi connectivity index (χ2n) is 1.92. The summed E-state index contributed by atoms with van der Waals surface area (Å²) in [5.74, 6) is 0.0249. The Kier molecular flexibility index (Phi) is 5.45. The molecule has 0 radical (unpaired) electrons. The number of carbonyl (C=O) groups is 2. The van der Waals surface area contributed by atoms with Gasteiger partial charge in [0.25, 0.3) is 0 Å². The normalized spacial score (nSPS) is 8.33. The van der Waals surface area contributed by atoms with Crippen molar-refractivity contribution in [1.29, 1.82) is 0 Å². The van der Waals surface area contributed by atoms with Crippen molar-refractivity contribution in [1.82, 2.24) is 0 Å². The molecule has 0 unspecified atom stereocenters. The predicted octanol–water partition coefficient (Wildman–Crippen LogP) is 0.116. The van der Waals surface area contributed by atoms with Crippen LogP contribution in [0.25, 0.3) is 0 Å². The van der Waals surface area contributed by atoms with Crippen molar-refractivity contribution in [2.45, 2.75) is 13.3 Å². The van der Waals surface area contributed by atoms with Crippen LogP contribution < -0.4 is 0 Å². The van der Waals surface area contributed by atoms with Gasteiger partial charge in [-0.1, -0.05) is 12.8 Å². The van der Waals surface area contributed by atoms with E-state index in [1.165, 1.54) is 0 Å². The van der Waals surface area contributed by atoms with Gasteiger partial charge >= 0.3 is 11.9 Å². The maximum atomic E-state index is 10.6. The van der Waals surface area contributed by atoms with Crippen LogP contribution in [0.5, 0.6) is 0 Å². The Hall–Kier alpha value is -1.50. The van der Waals surface area contributed by atoms with Crippen molar-refractivity contribution in [3.8, 4) is 12.3 Å². The number of terminal acetylenes is 1. The van der Waals surface area contributed by atoms with Crippen molar-refractivity contribution in [2.24, 2.45) is 0 Å². The highest BCUT2D eigenvalue weighted by atomic mass is 16.6. The van der Waals surface area contributed by atoms with Crippen LogP contribution in [0, 0.1) is 12.3 Å². The second-order valence-corrected chi connectivity index (χ2v) is 1.92. The van der Waals surface area contributed by atoms with E-state index in [2.05, 4.69) is 15.4 Å². The minimum Gasteiger partial charge on any atom is -0.457 e. The fourth-order valence-electron chi connectivity index (χ4n) is 0.420. The third-order valence-electron chi connectivity index (χ3n) is 0.891. The van der Waals surface area contributed by atoms with Crippen molar-refractivity contribution >= 4 is 11.9 Å². The number of rotatable bonds is 3. The van der Waals surface area contributed by atoms with E-state index in [0.717, 1.165) is 0 Å². The summed E-state index contributed by atoms with van der Waals surface area (Å²) in [4.78, 5) is 21.3. The SMILES string of the molecule is C#CCOC(=O)C(=O)OCCC. The molecule has 66 valence electrons. The molecule has 0 fully saturated rings. The van der Waals surface area contributed by atoms with Crippen LogP contribution in [0.2, 0.25) is 0 Å². The average Bonchev–Trinajstić information content (AvgIpc) is 2.10. The molecule has 0 bridgehead atoms. The highest BCUT2D eigenvalue weighted by Gasteiger charge is 2.15. The molecule has 0 aromatic heterocycles. The standard InChI is InChI=1S/C8H10O4/c1-3-5-11-7(9)8(10)12-6-4-2/h1H,4-6H2,2H3. The van der Waals surface area contributed by atoms with Crippen LogP contribution in [-0.2, 0) is 19.1 Å². The van der Waals surface area contributed by atoms with Crippen molar-refractivity contribution in [2.75, 3.05) is 13.2 Å². The smallest absolute Gasteiger partial charge is 0.418 e. The van der Waals surface area contributed by atoms with E-state index in [1.54, 1.807) is 0 Å². The van der Waals surface area contributed by atoms with Gasteiger partial charge in [-0.05, 0) is 6.42 Å². The van der Waals surface area contributed by atoms with E-state index in [-0.39, 0.29) is 13.2 Å². The lowest BCUT2D eigenvalue weighted by Crippen LogP contribution is -2.20. The summed E-state index contributed by atoms with van der Waals surface area (Å²) in [7, 11) is 0. The fourth-order valence-corrected chi connectivity index (χ4v) is 0.420. The number of carbonyl (C=O) groups excluding carboxylic acids is 2. The zero-order valence-corrected chi connectivity index (χ0v) is 6.83. The molecule has 0 aromatic carbocycles. The third-order valence-corrected chi connectivity index (χ3v) is 0.891. The van der Waals surface area contributed by atoms with Crippen molar-refractivity contribution in [3.63, 3.8) is 0 Å². The number of ether oxygens (including phenoxy) is 2. The zero-order chi connectivity index (χ0) is 9.40. The summed E-state index contributed by atoms with van der Waals surface area (Å²) in [6.45, 7) is 1.82. The molecule has 4 nitrogen and oxygen atoms in total. The van der Waals surface area contributed by atoms with Gasteiger partial charge in [0.15, 0.2) is 6.61 Å². The third kappa shape index (κ3) is 4.34. The van der Waals surface area contributed by atoms with Gasteiger partial charge in [0.1, 0.15) is 0 Å². The topological polar surface area (TPSA) is 52.6 Å². The van der Waals surface area contributed by atoms with E-state index in [9.17, 15) is 9.59 Å². The van der Waals surface area contributed by atoms with Crippen LogP contribution in [0.15, 0.2) is 0 Å². The Morgan fingerprint density at radius 3 is 2.42 bits per heavy atom. The molecule has 0 atom stereocenters. The lowest BCUT2D eigenvalue weighted by Gasteiger charge is -2.00. The molecule has 0 rings (SSSR count). The van der Waals surface area contributed by atoms with Crippen LogP contribution in [0.4, 0.5) is 0 Å². The van der Waals surface area contributed by atoms with Gasteiger partial charge < -0.3 is 9.47 Å². The molecule has 12 heavy (non-hydrogen) atoms. The van der Waals surface area contributed by atoms with Gasteiger partial charge in [-0.3, -0.25) is 0 Å². The monoisotopic (exact) mass is 170 g/mol. The van der Waals surface area contributed by atoms with E-state index >= 15 is 0 Å². The maximum Gasteiger partial charge on any atom is 0.418 e. The first kappa shape index (κ1) is 10.5. The Balaban J connectivity index is 3.64. The van der Waals surface area contributed by atoms with Crippen LogP contribution in [0.3, 0.4) is 0 Å². The molecule has 0 amide bonds. The molecular formula is C8H10O4. The molecule has 0 aromatic rings. The first-order chi connectivity index (χ1) is 5.72. The minimum atomic E-state index is -1.04. The Labute approximate surface area is 70.8 Å². The quantitative estimate of drug-likeness (QED) is 0.343. The highest BCUT2D eigenvalue weighted by molar-refractivity contribution is 6.29. The van der Waals surface area contributed by atoms with Gasteiger partial charge in [0.2, 0.25) is 0 Å². The van der Waals surface area contributed by atoms with E-state index < -0.39 is 11.9 Å². The van der Waals surface area contributed by atoms with E-state index in [1.807, 2.05) is 6.92 Å². The van der Waals surface area contributed by atoms with Gasteiger partial charge in [0.05, 0.1) is 6.61 Å². The van der Waals surface area contributed by atoms with Crippen molar-refractivity contribution in [3.05, 3.63) is 0 Å². The van der Waals surface area contributed by atoms with Crippen LogP contribution >= 0.6 is 0 Å². The second kappa shape index (κ2) is 6.23. The molecule has 0 aliphatic rings. The fraction of sp³-hybridized carbons (Fsp3) is 0.500. The summed E-state index contributed by atoms with van der Waals surface area (Å²) < 4.78 is 8.77. The van der Waals surface area contributed by atoms with Gasteiger partial charge in [-0.25, -0.2) is 9.59 Å². The number of esters is 2. The molecule has 0 saturated heterocycles. The number of hydrogen-bond donors (Lipinski definition) is 0. The summed E-state index contributed by atoms with van der Waals surface area (Å²) in [5.41, 5.74) is 0. The minimum absolute atomic E-state index is 0.208. The van der Waals surface area contributed by atoms with E-state index in [4.69, 9.17) is 6.42 Å². The van der Waals surface area contributed by atoms with Gasteiger partial charge in [-0.2, -0.15) is 0 Å². The lowest BCUT2D eigenvalue weighted by molar-refractivity contribution is -0.166.